The first-order chi connectivity index (χ1) is 17.3. The number of allylic oxidation sites excluding steroid dienone is 1. The van der Waals surface area contributed by atoms with Gasteiger partial charge in [0.05, 0.1) is 11.1 Å². The van der Waals surface area contributed by atoms with Crippen LogP contribution >= 0.6 is 0 Å². The van der Waals surface area contributed by atoms with Crippen LogP contribution in [-0.4, -0.2) is 36.3 Å². The van der Waals surface area contributed by atoms with E-state index in [0.717, 1.165) is 47.1 Å². The lowest BCUT2D eigenvalue weighted by Gasteiger charge is -2.23. The number of aryl methyl sites for hydroxylation is 2. The molecular formula is C27H29N7O2. The first-order valence-corrected chi connectivity index (χ1v) is 11.8. The number of benzene rings is 1. The van der Waals surface area contributed by atoms with E-state index in [2.05, 4.69) is 37.6 Å². The van der Waals surface area contributed by atoms with E-state index in [1.54, 1.807) is 11.6 Å². The number of aromatic nitrogens is 5. The van der Waals surface area contributed by atoms with Gasteiger partial charge in [-0.2, -0.15) is 0 Å². The summed E-state index contributed by atoms with van der Waals surface area (Å²) < 4.78 is 9.87. The summed E-state index contributed by atoms with van der Waals surface area (Å²) in [5.74, 6) is 0.891. The lowest BCUT2D eigenvalue weighted by atomic mass is 9.89. The fraction of sp³-hybridized carbons (Fsp3) is 0.259. The van der Waals surface area contributed by atoms with E-state index in [0.29, 0.717) is 23.0 Å². The third kappa shape index (κ3) is 4.35. The summed E-state index contributed by atoms with van der Waals surface area (Å²) in [5, 5.41) is 8.04. The molecule has 36 heavy (non-hydrogen) atoms. The summed E-state index contributed by atoms with van der Waals surface area (Å²) in [6.45, 7) is 5.38. The maximum absolute atomic E-state index is 12.0. The number of ether oxygens (including phenoxy) is 1. The Morgan fingerprint density at radius 2 is 1.97 bits per heavy atom. The average molecular weight is 484 g/mol. The molecule has 9 nitrogen and oxygen atoms in total. The van der Waals surface area contributed by atoms with Crippen LogP contribution in [0.5, 0.6) is 5.88 Å². The number of nitrogens with zero attached hydrogens (tertiary/aromatic N) is 5. The van der Waals surface area contributed by atoms with Crippen molar-refractivity contribution in [1.82, 2.24) is 24.3 Å². The summed E-state index contributed by atoms with van der Waals surface area (Å²) in [6.07, 6.45) is 8.10. The van der Waals surface area contributed by atoms with Crippen molar-refractivity contribution in [2.24, 2.45) is 14.1 Å². The molecule has 0 aliphatic heterocycles. The van der Waals surface area contributed by atoms with Crippen LogP contribution in [0, 0.1) is 0 Å². The smallest absolute Gasteiger partial charge is 0.250 e. The lowest BCUT2D eigenvalue weighted by molar-refractivity contribution is -0.112. The summed E-state index contributed by atoms with van der Waals surface area (Å²) in [6, 6.07) is 9.64. The number of hydrogen-bond donors (Lipinski definition) is 2. The van der Waals surface area contributed by atoms with Crippen molar-refractivity contribution in [2.45, 2.75) is 32.3 Å². The first kappa shape index (κ1) is 23.3. The van der Waals surface area contributed by atoms with Crippen molar-refractivity contribution in [1.29, 1.82) is 0 Å². The van der Waals surface area contributed by atoms with Gasteiger partial charge in [0, 0.05) is 49.6 Å². The third-order valence-corrected chi connectivity index (χ3v) is 6.46. The summed E-state index contributed by atoms with van der Waals surface area (Å²) in [4.78, 5) is 20.8. The maximum atomic E-state index is 12.0. The lowest BCUT2D eigenvalue weighted by Crippen LogP contribution is -2.19. The van der Waals surface area contributed by atoms with Crippen LogP contribution in [0.1, 0.15) is 31.7 Å². The molecule has 9 heteroatoms. The summed E-state index contributed by atoms with van der Waals surface area (Å²) in [5.41, 5.74) is 12.6. The second kappa shape index (κ2) is 9.33. The van der Waals surface area contributed by atoms with Crippen molar-refractivity contribution in [3.8, 4) is 17.1 Å². The molecule has 1 aliphatic rings. The fourth-order valence-electron chi connectivity index (χ4n) is 4.65. The number of amides is 1. The Morgan fingerprint density at radius 3 is 2.61 bits per heavy atom. The highest BCUT2D eigenvalue weighted by atomic mass is 16.5. The SMILES string of the molecule is C=C(C)C(=O)Nc1ccc(-c2c(C3=CC[C@@H](Oc4ccn(C)n4)CC3)c3c(N)ncnc3n2C)cc1. The van der Waals surface area contributed by atoms with Crippen molar-refractivity contribution in [3.05, 3.63) is 66.6 Å². The number of hydrogen-bond acceptors (Lipinski definition) is 6. The minimum absolute atomic E-state index is 0.0619. The number of carbonyl (C=O) groups is 1. The van der Waals surface area contributed by atoms with Gasteiger partial charge in [0.25, 0.3) is 5.91 Å². The minimum Gasteiger partial charge on any atom is -0.473 e. The molecule has 1 amide bonds. The zero-order chi connectivity index (χ0) is 25.4. The number of fused-ring (bicyclic) bond motifs is 1. The molecule has 4 aromatic rings. The van der Waals surface area contributed by atoms with E-state index in [1.807, 2.05) is 50.6 Å². The second-order valence-electron chi connectivity index (χ2n) is 9.12. The van der Waals surface area contributed by atoms with Crippen molar-refractivity contribution < 1.29 is 9.53 Å². The van der Waals surface area contributed by atoms with E-state index in [4.69, 9.17) is 10.5 Å². The van der Waals surface area contributed by atoms with Gasteiger partial charge < -0.3 is 20.4 Å². The standard InChI is InChI=1S/C27H29N7O2/c1-16(2)27(35)31-19-9-5-18(6-10-19)24-22(23-25(28)29-15-30-26(23)34(24)4)17-7-11-20(12-8-17)36-21-13-14-33(3)32-21/h5-7,9-10,13-15,20H,1,8,11-12H2,2-4H3,(H,31,35)(H2,28,29,30)/t20-/m1/s1. The molecule has 184 valence electrons. The molecule has 0 radical (unpaired) electrons. The monoisotopic (exact) mass is 483 g/mol. The highest BCUT2D eigenvalue weighted by Crippen LogP contribution is 2.42. The quantitative estimate of drug-likeness (QED) is 0.391. The van der Waals surface area contributed by atoms with Crippen LogP contribution in [0.3, 0.4) is 0 Å². The molecule has 1 atom stereocenters. The molecule has 0 unspecified atom stereocenters. The number of nitrogen functional groups attached to an aromatic ring is 1. The summed E-state index contributed by atoms with van der Waals surface area (Å²) in [7, 11) is 3.86. The van der Waals surface area contributed by atoms with E-state index < -0.39 is 0 Å². The Morgan fingerprint density at radius 1 is 1.19 bits per heavy atom. The molecule has 5 rings (SSSR count). The van der Waals surface area contributed by atoms with Crippen LogP contribution in [-0.2, 0) is 18.9 Å². The van der Waals surface area contributed by atoms with E-state index in [-0.39, 0.29) is 12.0 Å². The van der Waals surface area contributed by atoms with Crippen LogP contribution in [0.2, 0.25) is 0 Å². The van der Waals surface area contributed by atoms with Crippen LogP contribution in [0.4, 0.5) is 11.5 Å². The normalized spacial score (nSPS) is 15.5. The predicted octanol–water partition coefficient (Wildman–Crippen LogP) is 4.48. The van der Waals surface area contributed by atoms with Gasteiger partial charge in [-0.05, 0) is 43.0 Å². The molecule has 0 saturated carbocycles. The van der Waals surface area contributed by atoms with Crippen LogP contribution in [0.25, 0.3) is 27.9 Å². The molecule has 0 spiro atoms. The number of nitrogens with one attached hydrogen (secondary N) is 1. The molecule has 1 aromatic carbocycles. The highest BCUT2D eigenvalue weighted by Gasteiger charge is 2.26. The number of carbonyl (C=O) groups excluding carboxylic acids is 1. The second-order valence-corrected chi connectivity index (χ2v) is 9.12. The van der Waals surface area contributed by atoms with Gasteiger partial charge in [-0.3, -0.25) is 9.48 Å². The zero-order valence-electron chi connectivity index (χ0n) is 20.7. The van der Waals surface area contributed by atoms with Gasteiger partial charge >= 0.3 is 0 Å². The van der Waals surface area contributed by atoms with E-state index in [1.165, 1.54) is 11.9 Å². The molecule has 3 aromatic heterocycles. The van der Waals surface area contributed by atoms with E-state index in [9.17, 15) is 4.79 Å². The number of nitrogens with two attached hydrogens (primary N) is 1. The highest BCUT2D eigenvalue weighted by molar-refractivity contribution is 6.05. The van der Waals surface area contributed by atoms with Gasteiger partial charge in [0.15, 0.2) is 0 Å². The van der Waals surface area contributed by atoms with Gasteiger partial charge in [-0.15, -0.1) is 5.10 Å². The topological polar surface area (TPSA) is 113 Å². The Kier molecular flexibility index (Phi) is 6.05. The van der Waals surface area contributed by atoms with Gasteiger partial charge in [0.2, 0.25) is 5.88 Å². The maximum Gasteiger partial charge on any atom is 0.250 e. The molecule has 3 heterocycles. The molecule has 0 fully saturated rings. The van der Waals surface area contributed by atoms with Gasteiger partial charge in [-0.25, -0.2) is 9.97 Å². The van der Waals surface area contributed by atoms with E-state index >= 15 is 0 Å². The molecule has 0 saturated heterocycles. The Balaban J connectivity index is 1.52. The van der Waals surface area contributed by atoms with Crippen LogP contribution < -0.4 is 15.8 Å². The minimum atomic E-state index is -0.203. The van der Waals surface area contributed by atoms with Crippen molar-refractivity contribution >= 4 is 34.0 Å². The van der Waals surface area contributed by atoms with Gasteiger partial charge in [0.1, 0.15) is 23.9 Å². The number of rotatable bonds is 6. The largest absolute Gasteiger partial charge is 0.473 e. The predicted molar refractivity (Wildman–Crippen MR) is 141 cm³/mol. The van der Waals surface area contributed by atoms with Gasteiger partial charge in [-0.1, -0.05) is 24.8 Å². The number of anilines is 2. The average Bonchev–Trinajstić information content (AvgIpc) is 3.41. The fourth-order valence-corrected chi connectivity index (χ4v) is 4.65. The summed E-state index contributed by atoms with van der Waals surface area (Å²) >= 11 is 0. The first-order valence-electron chi connectivity index (χ1n) is 11.8. The molecule has 3 N–H and O–H groups in total. The molecular weight excluding hydrogens is 454 g/mol. The van der Waals surface area contributed by atoms with Crippen LogP contribution in [0.15, 0.2) is 61.1 Å². The van der Waals surface area contributed by atoms with Crippen molar-refractivity contribution in [2.75, 3.05) is 11.1 Å². The van der Waals surface area contributed by atoms with Crippen molar-refractivity contribution in [3.63, 3.8) is 0 Å². The third-order valence-electron chi connectivity index (χ3n) is 6.46. The zero-order valence-corrected chi connectivity index (χ0v) is 20.7. The Labute approximate surface area is 209 Å². The Bertz CT molecular complexity index is 1490. The molecule has 1 aliphatic carbocycles. The molecule has 0 bridgehead atoms. The Hall–Kier alpha value is -4.40.